The molecule has 1 aliphatic heterocycles. The lowest BCUT2D eigenvalue weighted by Crippen LogP contribution is -2.25. The van der Waals surface area contributed by atoms with Gasteiger partial charge in [-0.3, -0.25) is 0 Å². The van der Waals surface area contributed by atoms with Gasteiger partial charge in [0, 0.05) is 6.54 Å². The Kier molecular flexibility index (Phi) is 3.28. The van der Waals surface area contributed by atoms with E-state index in [9.17, 15) is 8.42 Å². The van der Waals surface area contributed by atoms with E-state index in [0.717, 1.165) is 16.8 Å². The van der Waals surface area contributed by atoms with Crippen LogP contribution in [0.3, 0.4) is 0 Å². The minimum absolute atomic E-state index is 0.270. The first-order valence-corrected chi connectivity index (χ1v) is 8.00. The van der Waals surface area contributed by atoms with Gasteiger partial charge in [0.2, 0.25) is 10.0 Å². The highest BCUT2D eigenvalue weighted by Crippen LogP contribution is 2.28. The lowest BCUT2D eigenvalue weighted by Gasteiger charge is -2.15. The van der Waals surface area contributed by atoms with Crippen molar-refractivity contribution >= 4 is 21.6 Å². The van der Waals surface area contributed by atoms with Crippen LogP contribution >= 0.6 is 11.6 Å². The second-order valence-corrected chi connectivity index (χ2v) is 7.15. The number of aromatic nitrogens is 1. The van der Waals surface area contributed by atoms with Crippen molar-refractivity contribution in [2.45, 2.75) is 24.9 Å². The zero-order valence-electron chi connectivity index (χ0n) is 10.9. The van der Waals surface area contributed by atoms with E-state index in [-0.39, 0.29) is 6.54 Å². The maximum atomic E-state index is 12.6. The molecule has 104 valence electrons. The summed E-state index contributed by atoms with van der Waals surface area (Å²) in [6.45, 7) is 2.54. The van der Waals surface area contributed by atoms with E-state index in [1.54, 1.807) is 30.3 Å². The molecule has 2 aromatic rings. The molecule has 4 nitrogen and oxygen atoms in total. The Morgan fingerprint density at radius 1 is 1.10 bits per heavy atom. The third-order valence-corrected chi connectivity index (χ3v) is 5.38. The molecule has 1 aliphatic rings. The number of hydrogen-bond acceptors (Lipinski definition) is 3. The Balaban J connectivity index is 1.93. The molecule has 1 aromatic carbocycles. The van der Waals surface area contributed by atoms with Crippen LogP contribution in [0.25, 0.3) is 0 Å². The summed E-state index contributed by atoms with van der Waals surface area (Å²) in [6, 6.07) is 10.4. The SMILES string of the molecule is Cc1ccc(S(=O)(=O)N2Cc3ccc(Cl)nc3C2)cc1. The highest BCUT2D eigenvalue weighted by Gasteiger charge is 2.31. The van der Waals surface area contributed by atoms with Gasteiger partial charge in [0.25, 0.3) is 0 Å². The van der Waals surface area contributed by atoms with E-state index in [1.165, 1.54) is 4.31 Å². The predicted molar refractivity (Wildman–Crippen MR) is 76.9 cm³/mol. The fourth-order valence-electron chi connectivity index (χ4n) is 2.23. The molecule has 20 heavy (non-hydrogen) atoms. The average Bonchev–Trinajstić information content (AvgIpc) is 2.83. The van der Waals surface area contributed by atoms with Crippen molar-refractivity contribution in [3.05, 3.63) is 58.4 Å². The molecule has 0 atom stereocenters. The molecule has 2 heterocycles. The number of nitrogens with zero attached hydrogens (tertiary/aromatic N) is 2. The molecular weight excluding hydrogens is 296 g/mol. The van der Waals surface area contributed by atoms with Crippen LogP contribution in [-0.4, -0.2) is 17.7 Å². The van der Waals surface area contributed by atoms with Gasteiger partial charge in [0.05, 0.1) is 17.1 Å². The summed E-state index contributed by atoms with van der Waals surface area (Å²) in [5, 5.41) is 0.387. The number of rotatable bonds is 2. The van der Waals surface area contributed by atoms with Crippen LogP contribution in [0, 0.1) is 6.92 Å². The van der Waals surface area contributed by atoms with Crippen LogP contribution in [0.5, 0.6) is 0 Å². The lowest BCUT2D eigenvalue weighted by molar-refractivity contribution is 0.430. The Morgan fingerprint density at radius 3 is 2.50 bits per heavy atom. The molecule has 0 spiro atoms. The van der Waals surface area contributed by atoms with Crippen molar-refractivity contribution < 1.29 is 8.42 Å². The van der Waals surface area contributed by atoms with Crippen molar-refractivity contribution in [2.75, 3.05) is 0 Å². The number of aryl methyl sites for hydroxylation is 1. The molecule has 0 unspecified atom stereocenters. The highest BCUT2D eigenvalue weighted by molar-refractivity contribution is 7.89. The van der Waals surface area contributed by atoms with Gasteiger partial charge < -0.3 is 0 Å². The number of benzene rings is 1. The molecule has 0 radical (unpaired) electrons. The van der Waals surface area contributed by atoms with Crippen molar-refractivity contribution in [2.24, 2.45) is 0 Å². The van der Waals surface area contributed by atoms with Crippen molar-refractivity contribution in [3.8, 4) is 0 Å². The fraction of sp³-hybridized carbons (Fsp3) is 0.214. The largest absolute Gasteiger partial charge is 0.243 e. The third-order valence-electron chi connectivity index (χ3n) is 3.37. The summed E-state index contributed by atoms with van der Waals surface area (Å²) in [4.78, 5) is 4.49. The van der Waals surface area contributed by atoms with Gasteiger partial charge in [-0.1, -0.05) is 35.4 Å². The molecule has 0 saturated carbocycles. The summed E-state index contributed by atoms with van der Waals surface area (Å²) in [5.41, 5.74) is 2.67. The van der Waals surface area contributed by atoms with Gasteiger partial charge in [-0.2, -0.15) is 4.31 Å². The molecule has 3 rings (SSSR count). The maximum absolute atomic E-state index is 12.6. The van der Waals surface area contributed by atoms with E-state index in [0.29, 0.717) is 16.6 Å². The first-order chi connectivity index (χ1) is 9.46. The molecule has 6 heteroatoms. The first kappa shape index (κ1) is 13.5. The number of fused-ring (bicyclic) bond motifs is 1. The first-order valence-electron chi connectivity index (χ1n) is 6.18. The van der Waals surface area contributed by atoms with Crippen molar-refractivity contribution in [1.29, 1.82) is 0 Å². The van der Waals surface area contributed by atoms with E-state index in [4.69, 9.17) is 11.6 Å². The minimum atomic E-state index is -3.49. The average molecular weight is 309 g/mol. The Hall–Kier alpha value is -1.43. The number of sulfonamides is 1. The topological polar surface area (TPSA) is 50.3 Å². The summed E-state index contributed by atoms with van der Waals surface area (Å²) < 4.78 is 26.6. The van der Waals surface area contributed by atoms with Crippen LogP contribution in [-0.2, 0) is 23.1 Å². The molecule has 0 aliphatic carbocycles. The fourth-order valence-corrected chi connectivity index (χ4v) is 3.77. The molecular formula is C14H13ClN2O2S. The Bertz CT molecular complexity index is 757. The van der Waals surface area contributed by atoms with Gasteiger partial charge in [-0.05, 0) is 30.7 Å². The van der Waals surface area contributed by atoms with E-state index in [1.807, 2.05) is 13.0 Å². The van der Waals surface area contributed by atoms with Gasteiger partial charge in [0.1, 0.15) is 5.15 Å². The molecule has 1 aromatic heterocycles. The second kappa shape index (κ2) is 4.84. The number of halogens is 1. The van der Waals surface area contributed by atoms with Crippen LogP contribution in [0.1, 0.15) is 16.8 Å². The number of hydrogen-bond donors (Lipinski definition) is 0. The Morgan fingerprint density at radius 2 is 1.80 bits per heavy atom. The lowest BCUT2D eigenvalue weighted by atomic mass is 10.2. The molecule has 0 saturated heterocycles. The van der Waals surface area contributed by atoms with Crippen LogP contribution in [0.4, 0.5) is 0 Å². The zero-order valence-corrected chi connectivity index (χ0v) is 12.4. The molecule has 0 bridgehead atoms. The molecule has 0 amide bonds. The van der Waals surface area contributed by atoms with Gasteiger partial charge in [0.15, 0.2) is 0 Å². The van der Waals surface area contributed by atoms with Gasteiger partial charge in [-0.15, -0.1) is 0 Å². The van der Waals surface area contributed by atoms with Crippen LogP contribution in [0.2, 0.25) is 5.15 Å². The maximum Gasteiger partial charge on any atom is 0.243 e. The number of pyridine rings is 1. The summed E-state index contributed by atoms with van der Waals surface area (Å²) >= 11 is 5.84. The van der Waals surface area contributed by atoms with Gasteiger partial charge >= 0.3 is 0 Å². The standard InChI is InChI=1S/C14H13ClN2O2S/c1-10-2-5-12(6-3-10)20(18,19)17-8-11-4-7-14(15)16-13(11)9-17/h2-7H,8-9H2,1H3. The summed E-state index contributed by atoms with van der Waals surface area (Å²) in [7, 11) is -3.49. The second-order valence-electron chi connectivity index (χ2n) is 4.83. The van der Waals surface area contributed by atoms with Gasteiger partial charge in [-0.25, -0.2) is 13.4 Å². The highest BCUT2D eigenvalue weighted by atomic mass is 35.5. The van der Waals surface area contributed by atoms with Crippen LogP contribution < -0.4 is 0 Å². The molecule has 0 fully saturated rings. The van der Waals surface area contributed by atoms with E-state index in [2.05, 4.69) is 4.98 Å². The minimum Gasteiger partial charge on any atom is -0.239 e. The van der Waals surface area contributed by atoms with E-state index >= 15 is 0 Å². The van der Waals surface area contributed by atoms with E-state index < -0.39 is 10.0 Å². The molecule has 0 N–H and O–H groups in total. The predicted octanol–water partition coefficient (Wildman–Crippen LogP) is 2.75. The monoisotopic (exact) mass is 308 g/mol. The smallest absolute Gasteiger partial charge is 0.239 e. The summed E-state index contributed by atoms with van der Waals surface area (Å²) in [6.07, 6.45) is 0. The zero-order chi connectivity index (χ0) is 14.3. The summed E-state index contributed by atoms with van der Waals surface area (Å²) in [5.74, 6) is 0. The quantitative estimate of drug-likeness (QED) is 0.802. The third kappa shape index (κ3) is 2.32. The van der Waals surface area contributed by atoms with Crippen molar-refractivity contribution in [3.63, 3.8) is 0 Å². The Labute approximate surface area is 123 Å². The normalized spacial score (nSPS) is 15.3. The van der Waals surface area contributed by atoms with Crippen LogP contribution in [0.15, 0.2) is 41.3 Å². The van der Waals surface area contributed by atoms with Crippen molar-refractivity contribution in [1.82, 2.24) is 9.29 Å².